The average Bonchev–Trinajstić information content (AvgIpc) is 3.18. The van der Waals surface area contributed by atoms with E-state index in [0.29, 0.717) is 5.56 Å². The van der Waals surface area contributed by atoms with Crippen molar-refractivity contribution in [3.63, 3.8) is 0 Å². The minimum Gasteiger partial charge on any atom is -0.364 e. The Bertz CT molecular complexity index is 1040. The molecule has 0 bridgehead atoms. The number of anilines is 1. The van der Waals surface area contributed by atoms with Gasteiger partial charge in [-0.1, -0.05) is 12.1 Å². The Kier molecular flexibility index (Phi) is 3.85. The van der Waals surface area contributed by atoms with E-state index < -0.39 is 5.54 Å². The van der Waals surface area contributed by atoms with Crippen LogP contribution in [0.4, 0.5) is 5.82 Å². The van der Waals surface area contributed by atoms with Crippen LogP contribution in [0.1, 0.15) is 55.4 Å². The number of fused-ring (bicyclic) bond motifs is 1. The van der Waals surface area contributed by atoms with Crippen LogP contribution in [-0.4, -0.2) is 26.8 Å². The minimum atomic E-state index is -0.402. The number of carbonyl (C=O) groups excluding carboxylic acids is 1. The molecule has 4 N–H and O–H groups in total. The summed E-state index contributed by atoms with van der Waals surface area (Å²) in [5, 5.41) is 3.42. The molecule has 0 radical (unpaired) electrons. The van der Waals surface area contributed by atoms with Crippen LogP contribution in [0.3, 0.4) is 0 Å². The number of aldehydes is 1. The van der Waals surface area contributed by atoms with Crippen molar-refractivity contribution in [2.24, 2.45) is 5.73 Å². The summed E-state index contributed by atoms with van der Waals surface area (Å²) in [7, 11) is 0. The quantitative estimate of drug-likeness (QED) is 0.611. The van der Waals surface area contributed by atoms with Gasteiger partial charge in [-0.05, 0) is 52.7 Å². The summed E-state index contributed by atoms with van der Waals surface area (Å²) in [6.07, 6.45) is 2.65. The molecule has 3 aromatic rings. The number of nitrogens with zero attached hydrogens (tertiary/aromatic N) is 2. The van der Waals surface area contributed by atoms with Crippen LogP contribution >= 0.6 is 0 Å². The molecule has 1 saturated carbocycles. The lowest BCUT2D eigenvalue weighted by Crippen LogP contribution is -2.27. The van der Waals surface area contributed by atoms with Crippen LogP contribution in [0.15, 0.2) is 24.3 Å². The maximum atomic E-state index is 11.6. The van der Waals surface area contributed by atoms with Crippen LogP contribution in [0.2, 0.25) is 0 Å². The Balaban J connectivity index is 1.88. The summed E-state index contributed by atoms with van der Waals surface area (Å²) in [6, 6.07) is 7.77. The Morgan fingerprint density at radius 2 is 2.00 bits per heavy atom. The number of rotatable bonds is 4. The van der Waals surface area contributed by atoms with Gasteiger partial charge in [0, 0.05) is 28.1 Å². The van der Waals surface area contributed by atoms with Crippen LogP contribution in [0, 0.1) is 6.92 Å². The molecular weight excluding hydrogens is 338 g/mol. The largest absolute Gasteiger partial charge is 0.364 e. The summed E-state index contributed by atoms with van der Waals surface area (Å²) in [5.74, 6) is 0.766. The van der Waals surface area contributed by atoms with Gasteiger partial charge in [-0.25, -0.2) is 9.97 Å². The molecule has 2 aromatic heterocycles. The van der Waals surface area contributed by atoms with Crippen molar-refractivity contribution >= 4 is 23.1 Å². The number of hydrogen-bond acceptors (Lipinski definition) is 5. The molecule has 2 heterocycles. The van der Waals surface area contributed by atoms with Crippen molar-refractivity contribution in [2.75, 3.05) is 5.32 Å². The predicted molar refractivity (Wildman–Crippen MR) is 108 cm³/mol. The molecule has 27 heavy (non-hydrogen) atoms. The molecule has 0 spiro atoms. The zero-order chi connectivity index (χ0) is 19.4. The highest BCUT2D eigenvalue weighted by atomic mass is 16.1. The van der Waals surface area contributed by atoms with E-state index in [1.54, 1.807) is 0 Å². The van der Waals surface area contributed by atoms with E-state index in [4.69, 9.17) is 15.7 Å². The van der Waals surface area contributed by atoms with E-state index in [1.807, 2.05) is 31.2 Å². The summed E-state index contributed by atoms with van der Waals surface area (Å²) >= 11 is 0. The van der Waals surface area contributed by atoms with Gasteiger partial charge in [0.25, 0.3) is 0 Å². The Labute approximate surface area is 158 Å². The van der Waals surface area contributed by atoms with Gasteiger partial charge in [-0.3, -0.25) is 4.79 Å². The Morgan fingerprint density at radius 3 is 2.63 bits per heavy atom. The molecule has 1 fully saturated rings. The van der Waals surface area contributed by atoms with E-state index in [0.717, 1.165) is 58.6 Å². The maximum absolute atomic E-state index is 11.6. The topological polar surface area (TPSA) is 96.7 Å². The summed E-state index contributed by atoms with van der Waals surface area (Å²) in [5.41, 5.74) is 11.5. The molecule has 0 unspecified atom stereocenters. The zero-order valence-electron chi connectivity index (χ0n) is 16.2. The Hall–Kier alpha value is -2.73. The highest BCUT2D eigenvalue weighted by Crippen LogP contribution is 2.44. The third-order valence-electron chi connectivity index (χ3n) is 4.91. The summed E-state index contributed by atoms with van der Waals surface area (Å²) in [4.78, 5) is 24.5. The first-order chi connectivity index (χ1) is 12.7. The summed E-state index contributed by atoms with van der Waals surface area (Å²) < 4.78 is 0. The predicted octanol–water partition coefficient (Wildman–Crippen LogP) is 3.90. The number of para-hydroxylation sites is 1. The third-order valence-corrected chi connectivity index (χ3v) is 4.91. The first-order valence-corrected chi connectivity index (χ1v) is 9.24. The smallest absolute Gasteiger partial charge is 0.151 e. The van der Waals surface area contributed by atoms with Crippen molar-refractivity contribution in [3.05, 3.63) is 41.2 Å². The maximum Gasteiger partial charge on any atom is 0.151 e. The van der Waals surface area contributed by atoms with E-state index in [1.165, 1.54) is 0 Å². The van der Waals surface area contributed by atoms with E-state index in [9.17, 15) is 4.79 Å². The molecule has 0 atom stereocenters. The van der Waals surface area contributed by atoms with Crippen molar-refractivity contribution in [3.8, 4) is 11.3 Å². The SMILES string of the molecule is Cc1nc2cccc(-c3cc(C=O)c(C4(N)CC4)[nH]3)c2nc1NC(C)(C)C. The van der Waals surface area contributed by atoms with Crippen molar-refractivity contribution < 1.29 is 4.79 Å². The number of carbonyl (C=O) groups is 1. The molecule has 4 rings (SSSR count). The fourth-order valence-electron chi connectivity index (χ4n) is 3.36. The van der Waals surface area contributed by atoms with Gasteiger partial charge >= 0.3 is 0 Å². The lowest BCUT2D eigenvalue weighted by atomic mass is 10.1. The van der Waals surface area contributed by atoms with E-state index in [-0.39, 0.29) is 5.54 Å². The van der Waals surface area contributed by atoms with Gasteiger partial charge in [-0.2, -0.15) is 0 Å². The minimum absolute atomic E-state index is 0.121. The number of H-pyrrole nitrogens is 1. The number of hydrogen-bond donors (Lipinski definition) is 3. The molecule has 6 nitrogen and oxygen atoms in total. The number of benzene rings is 1. The lowest BCUT2D eigenvalue weighted by Gasteiger charge is -2.22. The number of aromatic amines is 1. The molecule has 0 saturated heterocycles. The lowest BCUT2D eigenvalue weighted by molar-refractivity contribution is 0.112. The van der Waals surface area contributed by atoms with Crippen molar-refractivity contribution in [1.82, 2.24) is 15.0 Å². The van der Waals surface area contributed by atoms with Crippen LogP contribution < -0.4 is 11.1 Å². The van der Waals surface area contributed by atoms with Crippen LogP contribution in [0.5, 0.6) is 0 Å². The highest BCUT2D eigenvalue weighted by molar-refractivity contribution is 5.93. The van der Waals surface area contributed by atoms with E-state index >= 15 is 0 Å². The van der Waals surface area contributed by atoms with Gasteiger partial charge in [0.05, 0.1) is 16.7 Å². The molecule has 1 aromatic carbocycles. The first kappa shape index (κ1) is 17.7. The zero-order valence-corrected chi connectivity index (χ0v) is 16.2. The van der Waals surface area contributed by atoms with Gasteiger partial charge in [-0.15, -0.1) is 0 Å². The van der Waals surface area contributed by atoms with Crippen LogP contribution in [0.25, 0.3) is 22.3 Å². The normalized spacial score (nSPS) is 15.7. The van der Waals surface area contributed by atoms with Gasteiger partial charge in [0.2, 0.25) is 0 Å². The number of nitrogens with one attached hydrogen (secondary N) is 2. The van der Waals surface area contributed by atoms with Gasteiger partial charge in [0.1, 0.15) is 11.3 Å². The van der Waals surface area contributed by atoms with Crippen molar-refractivity contribution in [2.45, 2.75) is 51.6 Å². The molecule has 0 amide bonds. The van der Waals surface area contributed by atoms with Gasteiger partial charge in [0.15, 0.2) is 6.29 Å². The number of nitrogens with two attached hydrogens (primary N) is 1. The average molecular weight is 363 g/mol. The van der Waals surface area contributed by atoms with Crippen molar-refractivity contribution in [1.29, 1.82) is 0 Å². The fraction of sp³-hybridized carbons (Fsp3) is 0.381. The van der Waals surface area contributed by atoms with Crippen LogP contribution in [-0.2, 0) is 5.54 Å². The second kappa shape index (κ2) is 5.89. The second-order valence-electron chi connectivity index (χ2n) is 8.49. The fourth-order valence-corrected chi connectivity index (χ4v) is 3.36. The third kappa shape index (κ3) is 3.21. The first-order valence-electron chi connectivity index (χ1n) is 9.24. The molecule has 1 aliphatic rings. The van der Waals surface area contributed by atoms with E-state index in [2.05, 4.69) is 31.1 Å². The molecule has 1 aliphatic carbocycles. The monoisotopic (exact) mass is 363 g/mol. The second-order valence-corrected chi connectivity index (χ2v) is 8.49. The molecule has 6 heteroatoms. The molecule has 140 valence electrons. The number of aryl methyl sites for hydroxylation is 1. The standard InChI is InChI=1S/C21H25N5O/c1-12-19(26-20(2,3)4)25-17-14(6-5-7-15(17)23-12)16-10-13(11-27)18(24-16)21(22)8-9-21/h5-7,10-11,24H,8-9,22H2,1-4H3,(H,25,26). The summed E-state index contributed by atoms with van der Waals surface area (Å²) in [6.45, 7) is 8.23. The number of aromatic nitrogens is 3. The van der Waals surface area contributed by atoms with Gasteiger partial charge < -0.3 is 16.0 Å². The Morgan fingerprint density at radius 1 is 1.26 bits per heavy atom. The molecule has 0 aliphatic heterocycles. The highest BCUT2D eigenvalue weighted by Gasteiger charge is 2.43. The molecular formula is C21H25N5O.